The lowest BCUT2D eigenvalue weighted by Gasteiger charge is -2.39. The molecule has 0 spiro atoms. The van der Waals surface area contributed by atoms with Crippen LogP contribution in [0.2, 0.25) is 0 Å². The van der Waals surface area contributed by atoms with Crippen LogP contribution in [-0.4, -0.2) is 48.8 Å². The van der Waals surface area contributed by atoms with Gasteiger partial charge in [0, 0.05) is 18.7 Å². The lowest BCUT2D eigenvalue weighted by molar-refractivity contribution is -0.102. The van der Waals surface area contributed by atoms with E-state index in [1.807, 2.05) is 42.2 Å². The summed E-state index contributed by atoms with van der Waals surface area (Å²) in [5, 5.41) is 2.26. The van der Waals surface area contributed by atoms with Crippen molar-refractivity contribution in [2.45, 2.75) is 38.0 Å². The first-order valence-corrected chi connectivity index (χ1v) is 8.81. The molecule has 4 nitrogen and oxygen atoms in total. The Morgan fingerprint density at radius 1 is 1.21 bits per heavy atom. The van der Waals surface area contributed by atoms with Gasteiger partial charge < -0.3 is 14.4 Å². The lowest BCUT2D eigenvalue weighted by atomic mass is 10.0. The first-order valence-electron chi connectivity index (χ1n) is 8.81. The molecule has 2 fully saturated rings. The second-order valence-electron chi connectivity index (χ2n) is 6.53. The number of benzene rings is 2. The number of ether oxygens (including phenoxy) is 2. The van der Waals surface area contributed by atoms with Crippen LogP contribution >= 0.6 is 0 Å². The summed E-state index contributed by atoms with van der Waals surface area (Å²) in [6, 6.07) is 14.2. The highest BCUT2D eigenvalue weighted by Crippen LogP contribution is 2.33. The summed E-state index contributed by atoms with van der Waals surface area (Å²) in [5.41, 5.74) is 0.759. The fourth-order valence-electron chi connectivity index (χ4n) is 4.05. The van der Waals surface area contributed by atoms with Gasteiger partial charge in [0.15, 0.2) is 0 Å². The maximum Gasteiger partial charge on any atom is 0.254 e. The van der Waals surface area contributed by atoms with Crippen molar-refractivity contribution in [3.63, 3.8) is 0 Å². The second-order valence-corrected chi connectivity index (χ2v) is 6.53. The number of carbonyl (C=O) groups is 1. The molecule has 4 rings (SSSR count). The number of hydrogen-bond donors (Lipinski definition) is 0. The monoisotopic (exact) mass is 325 g/mol. The highest BCUT2D eigenvalue weighted by atomic mass is 16.5. The third-order valence-electron chi connectivity index (χ3n) is 5.17. The molecule has 0 unspecified atom stereocenters. The van der Waals surface area contributed by atoms with Crippen LogP contribution in [0.3, 0.4) is 0 Å². The summed E-state index contributed by atoms with van der Waals surface area (Å²) in [5.74, 6) is 0.108. The van der Waals surface area contributed by atoms with Gasteiger partial charge in [0.2, 0.25) is 0 Å². The van der Waals surface area contributed by atoms with Crippen molar-refractivity contribution in [1.82, 2.24) is 4.90 Å². The Bertz CT molecular complexity index is 744. The number of amides is 1. The van der Waals surface area contributed by atoms with Gasteiger partial charge in [-0.25, -0.2) is 0 Å². The predicted molar refractivity (Wildman–Crippen MR) is 93.2 cm³/mol. The third kappa shape index (κ3) is 2.70. The van der Waals surface area contributed by atoms with Gasteiger partial charge in [-0.1, -0.05) is 30.3 Å². The first-order chi connectivity index (χ1) is 11.8. The molecule has 2 aromatic carbocycles. The van der Waals surface area contributed by atoms with Crippen LogP contribution in [0.25, 0.3) is 10.8 Å². The minimum atomic E-state index is 0.0168. The zero-order chi connectivity index (χ0) is 16.5. The molecule has 1 aliphatic heterocycles. The van der Waals surface area contributed by atoms with E-state index in [2.05, 4.69) is 12.1 Å². The average molecular weight is 325 g/mol. The molecule has 0 radical (unpaired) electrons. The van der Waals surface area contributed by atoms with E-state index in [4.69, 9.17) is 9.47 Å². The normalized spacial score (nSPS) is 26.5. The van der Waals surface area contributed by atoms with Gasteiger partial charge in [-0.2, -0.15) is 0 Å². The molecule has 3 atom stereocenters. The smallest absolute Gasteiger partial charge is 0.254 e. The van der Waals surface area contributed by atoms with E-state index in [-0.39, 0.29) is 24.2 Å². The molecule has 0 aromatic heterocycles. The van der Waals surface area contributed by atoms with Crippen LogP contribution in [0.15, 0.2) is 42.5 Å². The van der Waals surface area contributed by atoms with Crippen LogP contribution in [0.1, 0.15) is 30.1 Å². The van der Waals surface area contributed by atoms with Gasteiger partial charge in [0.05, 0.1) is 18.8 Å². The quantitative estimate of drug-likeness (QED) is 0.869. The molecule has 0 bridgehead atoms. The highest BCUT2D eigenvalue weighted by molar-refractivity contribution is 5.98. The predicted octanol–water partition coefficient (Wildman–Crippen LogP) is 3.25. The number of rotatable bonds is 3. The molecule has 4 heteroatoms. The van der Waals surface area contributed by atoms with Gasteiger partial charge >= 0.3 is 0 Å². The summed E-state index contributed by atoms with van der Waals surface area (Å²) >= 11 is 0. The molecule has 1 amide bonds. The average Bonchev–Trinajstić information content (AvgIpc) is 3.04. The summed E-state index contributed by atoms with van der Waals surface area (Å²) in [4.78, 5) is 15.1. The Kier molecular flexibility index (Phi) is 4.25. The van der Waals surface area contributed by atoms with Crippen LogP contribution in [0.5, 0.6) is 0 Å². The number of hydrogen-bond acceptors (Lipinski definition) is 3. The SMILES string of the molecule is CCO[C@@H]1CC[C@H]2[C@H]1OCCN2C(=O)c1ccc2ccccc2c1. The number of nitrogens with zero attached hydrogens (tertiary/aromatic N) is 1. The van der Waals surface area contributed by atoms with Crippen molar-refractivity contribution in [3.8, 4) is 0 Å². The highest BCUT2D eigenvalue weighted by Gasteiger charge is 2.44. The van der Waals surface area contributed by atoms with Crippen LogP contribution in [0, 0.1) is 0 Å². The van der Waals surface area contributed by atoms with Gasteiger partial charge in [-0.3, -0.25) is 4.79 Å². The Hall–Kier alpha value is -1.91. The Balaban J connectivity index is 1.58. The van der Waals surface area contributed by atoms with E-state index >= 15 is 0 Å². The molecule has 1 heterocycles. The van der Waals surface area contributed by atoms with Crippen molar-refractivity contribution < 1.29 is 14.3 Å². The summed E-state index contributed by atoms with van der Waals surface area (Å²) < 4.78 is 11.7. The van der Waals surface area contributed by atoms with Crippen molar-refractivity contribution >= 4 is 16.7 Å². The fourth-order valence-corrected chi connectivity index (χ4v) is 4.05. The Morgan fingerprint density at radius 3 is 2.88 bits per heavy atom. The molecule has 1 aliphatic carbocycles. The maximum atomic E-state index is 13.1. The number of carbonyl (C=O) groups excluding carboxylic acids is 1. The molecule has 0 N–H and O–H groups in total. The number of fused-ring (bicyclic) bond motifs is 2. The van der Waals surface area contributed by atoms with Gasteiger partial charge in [-0.15, -0.1) is 0 Å². The van der Waals surface area contributed by atoms with Crippen molar-refractivity contribution in [2.75, 3.05) is 19.8 Å². The van der Waals surface area contributed by atoms with Crippen molar-refractivity contribution in [3.05, 3.63) is 48.0 Å². The Morgan fingerprint density at radius 2 is 2.04 bits per heavy atom. The maximum absolute atomic E-state index is 13.1. The van der Waals surface area contributed by atoms with Crippen molar-refractivity contribution in [2.24, 2.45) is 0 Å². The standard InChI is InChI=1S/C20H23NO3/c1-2-23-18-10-9-17-19(18)24-12-11-21(17)20(22)16-8-7-14-5-3-4-6-15(14)13-16/h3-8,13,17-19H,2,9-12H2,1H3/t17-,18+,19+/m0/s1. The van der Waals surface area contributed by atoms with Gasteiger partial charge in [-0.05, 0) is 42.7 Å². The van der Waals surface area contributed by atoms with Crippen LogP contribution in [0.4, 0.5) is 0 Å². The van der Waals surface area contributed by atoms with E-state index < -0.39 is 0 Å². The van der Waals surface area contributed by atoms with E-state index in [1.165, 1.54) is 0 Å². The van der Waals surface area contributed by atoms with Gasteiger partial charge in [0.1, 0.15) is 6.10 Å². The molecule has 24 heavy (non-hydrogen) atoms. The van der Waals surface area contributed by atoms with Crippen LogP contribution in [-0.2, 0) is 9.47 Å². The molecular formula is C20H23NO3. The van der Waals surface area contributed by atoms with E-state index in [9.17, 15) is 4.79 Å². The fraction of sp³-hybridized carbons (Fsp3) is 0.450. The molecule has 2 aromatic rings. The summed E-state index contributed by atoms with van der Waals surface area (Å²) in [7, 11) is 0. The van der Waals surface area contributed by atoms with Crippen molar-refractivity contribution in [1.29, 1.82) is 0 Å². The minimum absolute atomic E-state index is 0.0168. The topological polar surface area (TPSA) is 38.8 Å². The molecule has 1 saturated carbocycles. The Labute approximate surface area is 142 Å². The molecule has 2 aliphatic rings. The lowest BCUT2D eigenvalue weighted by Crippen LogP contribution is -2.53. The van der Waals surface area contributed by atoms with Crippen LogP contribution < -0.4 is 0 Å². The molecule has 126 valence electrons. The molecular weight excluding hydrogens is 302 g/mol. The third-order valence-corrected chi connectivity index (χ3v) is 5.17. The van der Waals surface area contributed by atoms with Gasteiger partial charge in [0.25, 0.3) is 5.91 Å². The zero-order valence-corrected chi connectivity index (χ0v) is 14.0. The minimum Gasteiger partial charge on any atom is -0.376 e. The van der Waals surface area contributed by atoms with E-state index in [0.29, 0.717) is 19.8 Å². The molecule has 1 saturated heterocycles. The van der Waals surface area contributed by atoms with E-state index in [0.717, 1.165) is 29.2 Å². The zero-order valence-electron chi connectivity index (χ0n) is 14.0. The second kappa shape index (κ2) is 6.54. The number of morpholine rings is 1. The van der Waals surface area contributed by atoms with E-state index in [1.54, 1.807) is 0 Å². The summed E-state index contributed by atoms with van der Waals surface area (Å²) in [6.07, 6.45) is 2.05. The largest absolute Gasteiger partial charge is 0.376 e. The first kappa shape index (κ1) is 15.6. The summed E-state index contributed by atoms with van der Waals surface area (Å²) in [6.45, 7) is 3.94.